The first-order valence-corrected chi connectivity index (χ1v) is 11.1. The van der Waals surface area contributed by atoms with Gasteiger partial charge in [0, 0.05) is 23.5 Å². The maximum Gasteiger partial charge on any atom is 0.275 e. The Kier molecular flexibility index (Phi) is 4.89. The van der Waals surface area contributed by atoms with Crippen LogP contribution in [0.3, 0.4) is 0 Å². The Morgan fingerprint density at radius 1 is 1.21 bits per heavy atom. The molecule has 2 saturated heterocycles. The highest BCUT2D eigenvalue weighted by Gasteiger charge is 2.39. The van der Waals surface area contributed by atoms with Crippen LogP contribution >= 0.6 is 11.3 Å². The third-order valence-electron chi connectivity index (χ3n) is 6.31. The molecule has 2 aliphatic heterocycles. The van der Waals surface area contributed by atoms with Crippen molar-refractivity contribution < 1.29 is 4.74 Å². The maximum absolute atomic E-state index is 12.9. The summed E-state index contributed by atoms with van der Waals surface area (Å²) in [7, 11) is 4.14. The van der Waals surface area contributed by atoms with Gasteiger partial charge in [-0.3, -0.25) is 9.36 Å². The summed E-state index contributed by atoms with van der Waals surface area (Å²) in [6.45, 7) is 0.741. The Morgan fingerprint density at radius 2 is 1.93 bits per heavy atom. The summed E-state index contributed by atoms with van der Waals surface area (Å²) >= 11 is 1.50. The minimum absolute atomic E-state index is 0.0251. The van der Waals surface area contributed by atoms with E-state index in [4.69, 9.17) is 4.74 Å². The molecule has 4 heterocycles. The van der Waals surface area contributed by atoms with Gasteiger partial charge < -0.3 is 15.0 Å². The largest absolute Gasteiger partial charge is 0.490 e. The summed E-state index contributed by atoms with van der Waals surface area (Å²) in [4.78, 5) is 21.0. The number of hydrogen-bond acceptors (Lipinski definition) is 6. The number of aromatic nitrogens is 2. The molecule has 3 aromatic rings. The fraction of sp³-hybridized carbons (Fsp3) is 0.455. The summed E-state index contributed by atoms with van der Waals surface area (Å²) < 4.78 is 8.58. The summed E-state index contributed by atoms with van der Waals surface area (Å²) in [5.74, 6) is 0.872. The first-order chi connectivity index (χ1) is 14.1. The number of thiophene rings is 1. The molecule has 2 fully saturated rings. The first-order valence-electron chi connectivity index (χ1n) is 10.3. The SMILES string of the molecule is CNCc1cc2ncn(-c3ccc(O[C@H]4C[C@H]5CC[C@@H](C4)N5C)cc3)c(=O)c2s1. The van der Waals surface area contributed by atoms with Crippen LogP contribution in [0.1, 0.15) is 30.6 Å². The van der Waals surface area contributed by atoms with E-state index < -0.39 is 0 Å². The molecule has 0 amide bonds. The molecule has 0 unspecified atom stereocenters. The normalized spacial score (nSPS) is 24.3. The minimum Gasteiger partial charge on any atom is -0.490 e. The molecule has 0 saturated carbocycles. The predicted octanol–water partition coefficient (Wildman–Crippen LogP) is 3.17. The fourth-order valence-corrected chi connectivity index (χ4v) is 5.79. The summed E-state index contributed by atoms with van der Waals surface area (Å²) in [5, 5.41) is 3.12. The van der Waals surface area contributed by atoms with E-state index in [0.717, 1.165) is 41.2 Å². The van der Waals surface area contributed by atoms with Gasteiger partial charge in [-0.05, 0) is 70.1 Å². The molecule has 5 rings (SSSR count). The quantitative estimate of drug-likeness (QED) is 0.700. The lowest BCUT2D eigenvalue weighted by atomic mass is 10.0. The Balaban J connectivity index is 1.35. The zero-order valence-corrected chi connectivity index (χ0v) is 17.6. The van der Waals surface area contributed by atoms with Crippen LogP contribution in [0.2, 0.25) is 0 Å². The number of benzene rings is 1. The van der Waals surface area contributed by atoms with E-state index in [-0.39, 0.29) is 11.7 Å². The van der Waals surface area contributed by atoms with Crippen LogP contribution in [-0.4, -0.2) is 46.7 Å². The molecule has 1 aromatic carbocycles. The molecule has 0 spiro atoms. The highest BCUT2D eigenvalue weighted by atomic mass is 32.1. The topological polar surface area (TPSA) is 59.4 Å². The van der Waals surface area contributed by atoms with Gasteiger partial charge in [0.05, 0.1) is 11.2 Å². The Morgan fingerprint density at radius 3 is 2.62 bits per heavy atom. The van der Waals surface area contributed by atoms with E-state index >= 15 is 0 Å². The lowest BCUT2D eigenvalue weighted by Gasteiger charge is -2.36. The molecule has 152 valence electrons. The van der Waals surface area contributed by atoms with E-state index in [1.165, 1.54) is 24.2 Å². The van der Waals surface area contributed by atoms with Gasteiger partial charge in [0.15, 0.2) is 0 Å². The molecule has 0 aliphatic carbocycles. The van der Waals surface area contributed by atoms with Crippen molar-refractivity contribution in [3.8, 4) is 11.4 Å². The van der Waals surface area contributed by atoms with Gasteiger partial charge in [0.25, 0.3) is 5.56 Å². The fourth-order valence-electron chi connectivity index (χ4n) is 4.74. The molecule has 2 aliphatic rings. The van der Waals surface area contributed by atoms with Crippen molar-refractivity contribution in [3.05, 3.63) is 51.9 Å². The molecule has 0 radical (unpaired) electrons. The monoisotopic (exact) mass is 410 g/mol. The van der Waals surface area contributed by atoms with Crippen LogP contribution in [0.15, 0.2) is 41.5 Å². The number of nitrogens with zero attached hydrogens (tertiary/aromatic N) is 3. The van der Waals surface area contributed by atoms with Crippen molar-refractivity contribution in [1.29, 1.82) is 0 Å². The van der Waals surface area contributed by atoms with Gasteiger partial charge in [-0.25, -0.2) is 4.98 Å². The van der Waals surface area contributed by atoms with E-state index in [0.29, 0.717) is 16.8 Å². The van der Waals surface area contributed by atoms with Crippen molar-refractivity contribution in [2.75, 3.05) is 14.1 Å². The number of piperidine rings is 1. The second-order valence-electron chi connectivity index (χ2n) is 8.13. The molecule has 7 heteroatoms. The van der Waals surface area contributed by atoms with Crippen molar-refractivity contribution in [3.63, 3.8) is 0 Å². The highest BCUT2D eigenvalue weighted by Crippen LogP contribution is 2.36. The number of nitrogens with one attached hydrogen (secondary N) is 1. The maximum atomic E-state index is 12.9. The van der Waals surface area contributed by atoms with E-state index in [1.807, 2.05) is 37.4 Å². The molecule has 3 atom stereocenters. The van der Waals surface area contributed by atoms with Crippen LogP contribution in [0.25, 0.3) is 15.9 Å². The van der Waals surface area contributed by atoms with Gasteiger partial charge in [-0.15, -0.1) is 11.3 Å². The lowest BCUT2D eigenvalue weighted by molar-refractivity contribution is 0.0662. The molecular weight excluding hydrogens is 384 g/mol. The van der Waals surface area contributed by atoms with E-state index in [1.54, 1.807) is 10.9 Å². The zero-order chi connectivity index (χ0) is 20.0. The van der Waals surface area contributed by atoms with Gasteiger partial charge in [0.2, 0.25) is 0 Å². The molecule has 1 N–H and O–H groups in total. The molecule has 6 nitrogen and oxygen atoms in total. The third kappa shape index (κ3) is 3.47. The second-order valence-corrected chi connectivity index (χ2v) is 9.27. The Bertz CT molecular complexity index is 1060. The van der Waals surface area contributed by atoms with Crippen LogP contribution < -0.4 is 15.6 Å². The smallest absolute Gasteiger partial charge is 0.275 e. The van der Waals surface area contributed by atoms with Gasteiger partial charge in [-0.1, -0.05) is 0 Å². The summed E-state index contributed by atoms with van der Waals surface area (Å²) in [6, 6.07) is 11.1. The summed E-state index contributed by atoms with van der Waals surface area (Å²) in [6.07, 6.45) is 6.68. The van der Waals surface area contributed by atoms with Gasteiger partial charge >= 0.3 is 0 Å². The lowest BCUT2D eigenvalue weighted by Crippen LogP contribution is -2.43. The van der Waals surface area contributed by atoms with Crippen LogP contribution in [0.5, 0.6) is 5.75 Å². The number of fused-ring (bicyclic) bond motifs is 3. The Labute approximate surface area is 174 Å². The van der Waals surface area contributed by atoms with Crippen LogP contribution in [0.4, 0.5) is 0 Å². The molecule has 2 aromatic heterocycles. The number of hydrogen-bond donors (Lipinski definition) is 1. The van der Waals surface area contributed by atoms with E-state index in [9.17, 15) is 4.79 Å². The minimum atomic E-state index is -0.0251. The van der Waals surface area contributed by atoms with Crippen LogP contribution in [0, 0.1) is 0 Å². The molecule has 2 bridgehead atoms. The first kappa shape index (κ1) is 18.8. The number of ether oxygens (including phenoxy) is 1. The van der Waals surface area contributed by atoms with E-state index in [2.05, 4.69) is 22.2 Å². The van der Waals surface area contributed by atoms with Gasteiger partial charge in [-0.2, -0.15) is 0 Å². The summed E-state index contributed by atoms with van der Waals surface area (Å²) in [5.41, 5.74) is 1.55. The average Bonchev–Trinajstić information content (AvgIpc) is 3.20. The molecule has 29 heavy (non-hydrogen) atoms. The van der Waals surface area contributed by atoms with Crippen molar-refractivity contribution >= 4 is 21.6 Å². The zero-order valence-electron chi connectivity index (χ0n) is 16.8. The Hall–Kier alpha value is -2.22. The molecular formula is C22H26N4O2S. The van der Waals surface area contributed by atoms with Crippen molar-refractivity contribution in [2.45, 2.75) is 50.4 Å². The number of rotatable bonds is 5. The van der Waals surface area contributed by atoms with Crippen molar-refractivity contribution in [1.82, 2.24) is 19.8 Å². The van der Waals surface area contributed by atoms with Gasteiger partial charge in [0.1, 0.15) is 22.9 Å². The highest BCUT2D eigenvalue weighted by molar-refractivity contribution is 7.18. The average molecular weight is 411 g/mol. The van der Waals surface area contributed by atoms with Crippen molar-refractivity contribution in [2.24, 2.45) is 0 Å². The predicted molar refractivity (Wildman–Crippen MR) is 116 cm³/mol. The standard InChI is InChI=1S/C22H26N4O2S/c1-23-12-19-11-20-21(29-19)22(27)26(13-24-20)14-5-7-17(8-6-14)28-18-9-15-3-4-16(10-18)25(15)2/h5-8,11,13,15-16,18,23H,3-4,9-10,12H2,1-2H3/t15-,16+,18+. The second kappa shape index (κ2) is 7.55. The van der Waals surface area contributed by atoms with Crippen LogP contribution in [-0.2, 0) is 6.54 Å². The third-order valence-corrected chi connectivity index (χ3v) is 7.42.